The van der Waals surface area contributed by atoms with Crippen molar-refractivity contribution < 1.29 is 14.1 Å². The fraction of sp³-hybridized carbons (Fsp3) is 0.208. The number of amides is 1. The number of hydrogen-bond donors (Lipinski definition) is 0. The first-order valence-electron chi connectivity index (χ1n) is 9.69. The molecule has 0 heterocycles. The van der Waals surface area contributed by atoms with E-state index in [2.05, 4.69) is 6.07 Å². The quantitative estimate of drug-likeness (QED) is 0.402. The molecule has 6 heteroatoms. The summed E-state index contributed by atoms with van der Waals surface area (Å²) in [4.78, 5) is 25.5. The summed E-state index contributed by atoms with van der Waals surface area (Å²) in [6.07, 6.45) is 0.658. The summed E-state index contributed by atoms with van der Waals surface area (Å²) in [5.41, 5.74) is 3.94. The fourth-order valence-corrected chi connectivity index (χ4v) is 3.36. The zero-order chi connectivity index (χ0) is 21.7. The Morgan fingerprint density at radius 2 is 1.73 bits per heavy atom. The summed E-state index contributed by atoms with van der Waals surface area (Å²) >= 11 is 0. The van der Waals surface area contributed by atoms with E-state index >= 15 is 0 Å². The van der Waals surface area contributed by atoms with E-state index < -0.39 is 4.92 Å². The average Bonchev–Trinajstić information content (AvgIpc) is 2.71. The SMILES string of the molecule is Cc1cccc(CCN(C(=O)Cc2ccc(C)c([N+](=O)[O-])c2)c2ccc(F)cc2)c1. The Kier molecular flexibility index (Phi) is 6.57. The van der Waals surface area contributed by atoms with E-state index in [0.717, 1.165) is 11.1 Å². The lowest BCUT2D eigenvalue weighted by atomic mass is 10.1. The highest BCUT2D eigenvalue weighted by atomic mass is 19.1. The molecule has 30 heavy (non-hydrogen) atoms. The van der Waals surface area contributed by atoms with Crippen molar-refractivity contribution in [3.63, 3.8) is 0 Å². The average molecular weight is 406 g/mol. The van der Waals surface area contributed by atoms with Crippen LogP contribution in [-0.4, -0.2) is 17.4 Å². The van der Waals surface area contributed by atoms with Gasteiger partial charge in [0.25, 0.3) is 5.69 Å². The minimum atomic E-state index is -0.446. The molecule has 0 saturated heterocycles. The van der Waals surface area contributed by atoms with Crippen LogP contribution in [0.25, 0.3) is 0 Å². The summed E-state index contributed by atoms with van der Waals surface area (Å²) in [5, 5.41) is 11.2. The maximum absolute atomic E-state index is 13.4. The number of carbonyl (C=O) groups excluding carboxylic acids is 1. The zero-order valence-corrected chi connectivity index (χ0v) is 17.0. The van der Waals surface area contributed by atoms with Gasteiger partial charge in [-0.05, 0) is 55.7 Å². The van der Waals surface area contributed by atoms with Crippen LogP contribution < -0.4 is 4.90 Å². The van der Waals surface area contributed by atoms with E-state index in [1.165, 1.54) is 18.2 Å². The van der Waals surface area contributed by atoms with Gasteiger partial charge in [-0.2, -0.15) is 0 Å². The monoisotopic (exact) mass is 406 g/mol. The standard InChI is InChI=1S/C24H23FN2O3/c1-17-4-3-5-19(14-17)12-13-26(22-10-8-21(25)9-11-22)24(28)16-20-7-6-18(2)23(15-20)27(29)30/h3-11,14-15H,12-13,16H2,1-2H3. The number of nitro benzene ring substituents is 1. The highest BCUT2D eigenvalue weighted by molar-refractivity contribution is 5.94. The molecule has 3 aromatic rings. The molecule has 3 rings (SSSR count). The van der Waals surface area contributed by atoms with Crippen molar-refractivity contribution in [3.8, 4) is 0 Å². The van der Waals surface area contributed by atoms with Crippen LogP contribution in [-0.2, 0) is 17.6 Å². The van der Waals surface area contributed by atoms with Gasteiger partial charge in [-0.15, -0.1) is 0 Å². The Bertz CT molecular complexity index is 1060. The predicted octanol–water partition coefficient (Wildman–Crippen LogP) is 5.17. The number of halogens is 1. The van der Waals surface area contributed by atoms with Gasteiger partial charge >= 0.3 is 0 Å². The van der Waals surface area contributed by atoms with E-state index in [-0.39, 0.29) is 23.8 Å². The summed E-state index contributed by atoms with van der Waals surface area (Å²) in [6.45, 7) is 4.09. The van der Waals surface area contributed by atoms with Crippen molar-refractivity contribution in [3.05, 3.63) is 105 Å². The second-order valence-corrected chi connectivity index (χ2v) is 7.32. The molecule has 0 saturated carbocycles. The second-order valence-electron chi connectivity index (χ2n) is 7.32. The van der Waals surface area contributed by atoms with Crippen LogP contribution in [0.2, 0.25) is 0 Å². The number of hydrogen-bond acceptors (Lipinski definition) is 3. The first-order valence-corrected chi connectivity index (χ1v) is 9.69. The second kappa shape index (κ2) is 9.31. The Balaban J connectivity index is 1.83. The fourth-order valence-electron chi connectivity index (χ4n) is 3.36. The van der Waals surface area contributed by atoms with Crippen LogP contribution >= 0.6 is 0 Å². The number of rotatable bonds is 7. The number of nitrogens with zero attached hydrogens (tertiary/aromatic N) is 2. The maximum Gasteiger partial charge on any atom is 0.272 e. The van der Waals surface area contributed by atoms with Gasteiger partial charge < -0.3 is 4.90 Å². The van der Waals surface area contributed by atoms with Gasteiger partial charge in [-0.3, -0.25) is 14.9 Å². The number of anilines is 1. The Hall–Kier alpha value is -3.54. The minimum Gasteiger partial charge on any atom is -0.312 e. The van der Waals surface area contributed by atoms with Crippen molar-refractivity contribution in [2.45, 2.75) is 26.7 Å². The molecule has 0 spiro atoms. The van der Waals surface area contributed by atoms with E-state index in [1.54, 1.807) is 36.1 Å². The molecule has 0 radical (unpaired) electrons. The number of nitro groups is 1. The van der Waals surface area contributed by atoms with E-state index in [9.17, 15) is 19.3 Å². The van der Waals surface area contributed by atoms with Crippen molar-refractivity contribution in [1.29, 1.82) is 0 Å². The summed E-state index contributed by atoms with van der Waals surface area (Å²) in [5.74, 6) is -0.577. The lowest BCUT2D eigenvalue weighted by Crippen LogP contribution is -2.34. The van der Waals surface area contributed by atoms with Crippen molar-refractivity contribution in [1.82, 2.24) is 0 Å². The van der Waals surface area contributed by atoms with E-state index in [0.29, 0.717) is 29.8 Å². The number of aryl methyl sites for hydroxylation is 2. The molecule has 0 aliphatic rings. The van der Waals surface area contributed by atoms with Crippen molar-refractivity contribution >= 4 is 17.3 Å². The van der Waals surface area contributed by atoms with E-state index in [4.69, 9.17) is 0 Å². The Morgan fingerprint density at radius 1 is 1.00 bits per heavy atom. The molecule has 1 amide bonds. The topological polar surface area (TPSA) is 63.5 Å². The van der Waals surface area contributed by atoms with Gasteiger partial charge in [-0.25, -0.2) is 4.39 Å². The maximum atomic E-state index is 13.4. The number of carbonyl (C=O) groups is 1. The lowest BCUT2D eigenvalue weighted by Gasteiger charge is -2.23. The van der Waals surface area contributed by atoms with Crippen LogP contribution in [0.4, 0.5) is 15.8 Å². The van der Waals surface area contributed by atoms with Crippen LogP contribution in [0.15, 0.2) is 66.7 Å². The molecule has 0 aliphatic carbocycles. The van der Waals surface area contributed by atoms with Gasteiger partial charge in [0, 0.05) is 23.9 Å². The molecular weight excluding hydrogens is 383 g/mol. The smallest absolute Gasteiger partial charge is 0.272 e. The molecule has 0 N–H and O–H groups in total. The molecular formula is C24H23FN2O3. The van der Waals surface area contributed by atoms with Crippen LogP contribution in [0.3, 0.4) is 0 Å². The van der Waals surface area contributed by atoms with Crippen molar-refractivity contribution in [2.75, 3.05) is 11.4 Å². The molecule has 0 fully saturated rings. The third-order valence-corrected chi connectivity index (χ3v) is 4.97. The first-order chi connectivity index (χ1) is 14.3. The molecule has 3 aromatic carbocycles. The van der Waals surface area contributed by atoms with Gasteiger partial charge in [-0.1, -0.05) is 42.0 Å². The van der Waals surface area contributed by atoms with Gasteiger partial charge in [0.05, 0.1) is 11.3 Å². The molecule has 154 valence electrons. The first kappa shape index (κ1) is 21.2. The van der Waals surface area contributed by atoms with Crippen LogP contribution in [0, 0.1) is 29.8 Å². The van der Waals surface area contributed by atoms with Crippen LogP contribution in [0.5, 0.6) is 0 Å². The molecule has 5 nitrogen and oxygen atoms in total. The molecule has 0 unspecified atom stereocenters. The summed E-state index contributed by atoms with van der Waals surface area (Å²) < 4.78 is 13.4. The predicted molar refractivity (Wildman–Crippen MR) is 115 cm³/mol. The highest BCUT2D eigenvalue weighted by Crippen LogP contribution is 2.22. The van der Waals surface area contributed by atoms with Crippen LogP contribution in [0.1, 0.15) is 22.3 Å². The van der Waals surface area contributed by atoms with Crippen molar-refractivity contribution in [2.24, 2.45) is 0 Å². The zero-order valence-electron chi connectivity index (χ0n) is 17.0. The summed E-state index contributed by atoms with van der Waals surface area (Å²) in [7, 11) is 0. The molecule has 0 aromatic heterocycles. The Morgan fingerprint density at radius 3 is 2.40 bits per heavy atom. The lowest BCUT2D eigenvalue weighted by molar-refractivity contribution is -0.385. The largest absolute Gasteiger partial charge is 0.312 e. The van der Waals surface area contributed by atoms with Gasteiger partial charge in [0.1, 0.15) is 5.82 Å². The van der Waals surface area contributed by atoms with E-state index in [1.807, 2.05) is 25.1 Å². The minimum absolute atomic E-state index is 0.00612. The molecule has 0 aliphatic heterocycles. The Labute approximate surface area is 174 Å². The van der Waals surface area contributed by atoms with Gasteiger partial charge in [0.15, 0.2) is 0 Å². The number of benzene rings is 3. The van der Waals surface area contributed by atoms with Gasteiger partial charge in [0.2, 0.25) is 5.91 Å². The summed E-state index contributed by atoms with van der Waals surface area (Å²) in [6, 6.07) is 18.6. The highest BCUT2D eigenvalue weighted by Gasteiger charge is 2.19. The molecule has 0 bridgehead atoms. The molecule has 0 atom stereocenters. The third kappa shape index (κ3) is 5.29. The third-order valence-electron chi connectivity index (χ3n) is 4.97. The normalized spacial score (nSPS) is 10.6.